The van der Waals surface area contributed by atoms with Crippen molar-refractivity contribution in [2.75, 3.05) is 12.4 Å². The van der Waals surface area contributed by atoms with Crippen LogP contribution in [0.1, 0.15) is 48.7 Å². The molecular weight excluding hydrogens is 485 g/mol. The fourth-order valence-corrected chi connectivity index (χ4v) is 4.55. The molecule has 1 aliphatic carbocycles. The molecule has 34 heavy (non-hydrogen) atoms. The number of rotatable bonds is 6. The molecule has 0 bridgehead atoms. The number of aliphatic hydroxyl groups is 1. The Kier molecular flexibility index (Phi) is 6.96. The van der Waals surface area contributed by atoms with Crippen LogP contribution in [-0.4, -0.2) is 50.0 Å². The predicted molar refractivity (Wildman–Crippen MR) is 125 cm³/mol. The number of ether oxygens (including phenoxy) is 2. The number of nitrogens with zero attached hydrogens (tertiary/aromatic N) is 4. The molecule has 3 heterocycles. The Labute approximate surface area is 204 Å². The Bertz CT molecular complexity index is 1210. The van der Waals surface area contributed by atoms with Gasteiger partial charge in [-0.25, -0.2) is 9.37 Å². The van der Waals surface area contributed by atoms with Crippen molar-refractivity contribution in [1.29, 1.82) is 0 Å². The van der Waals surface area contributed by atoms with Crippen LogP contribution in [0.4, 0.5) is 9.52 Å². The molecule has 0 unspecified atom stereocenters. The average molecular weight is 508 g/mol. The van der Waals surface area contributed by atoms with Crippen molar-refractivity contribution in [3.8, 4) is 22.1 Å². The van der Waals surface area contributed by atoms with Crippen molar-refractivity contribution in [3.05, 3.63) is 40.7 Å². The minimum atomic E-state index is -0.807. The quantitative estimate of drug-likeness (QED) is 0.470. The number of pyridine rings is 2. The van der Waals surface area contributed by atoms with Gasteiger partial charge in [-0.05, 0) is 56.9 Å². The molecule has 12 heteroatoms. The molecular formula is C22H23ClFN5O4S. The molecule has 1 aliphatic rings. The zero-order valence-electron chi connectivity index (χ0n) is 18.8. The molecule has 3 aromatic rings. The fourth-order valence-electron chi connectivity index (χ4n) is 3.75. The Balaban J connectivity index is 1.55. The summed E-state index contributed by atoms with van der Waals surface area (Å²) in [7, 11) is 1.37. The van der Waals surface area contributed by atoms with Gasteiger partial charge in [0.15, 0.2) is 11.0 Å². The summed E-state index contributed by atoms with van der Waals surface area (Å²) in [5.41, 5.74) is 0.254. The molecule has 0 saturated heterocycles. The smallest absolute Gasteiger partial charge is 0.296 e. The number of aromatic nitrogens is 4. The molecule has 1 fully saturated rings. The zero-order valence-corrected chi connectivity index (χ0v) is 20.3. The van der Waals surface area contributed by atoms with Crippen LogP contribution in [0.25, 0.3) is 11.1 Å². The first-order valence-electron chi connectivity index (χ1n) is 10.6. The summed E-state index contributed by atoms with van der Waals surface area (Å²) in [6.45, 7) is 3.54. The van der Waals surface area contributed by atoms with Crippen molar-refractivity contribution in [2.45, 2.75) is 51.2 Å². The van der Waals surface area contributed by atoms with E-state index in [4.69, 9.17) is 21.1 Å². The fraction of sp³-hybridized carbons (Fsp3) is 0.409. The van der Waals surface area contributed by atoms with E-state index in [1.807, 2.05) is 6.92 Å². The van der Waals surface area contributed by atoms with Crippen LogP contribution >= 0.6 is 22.9 Å². The number of hydrogen-bond donors (Lipinski definition) is 2. The van der Waals surface area contributed by atoms with E-state index in [0.717, 1.165) is 11.3 Å². The van der Waals surface area contributed by atoms with Gasteiger partial charge in [-0.15, -0.1) is 5.10 Å². The third-order valence-corrected chi connectivity index (χ3v) is 6.61. The second-order valence-electron chi connectivity index (χ2n) is 8.32. The minimum absolute atomic E-state index is 0.00705. The molecule has 0 aromatic carbocycles. The van der Waals surface area contributed by atoms with Gasteiger partial charge in [0.2, 0.25) is 5.13 Å². The van der Waals surface area contributed by atoms with E-state index in [9.17, 15) is 14.3 Å². The van der Waals surface area contributed by atoms with E-state index in [-0.39, 0.29) is 38.8 Å². The lowest BCUT2D eigenvalue weighted by atomic mass is 9.85. The molecule has 180 valence electrons. The molecule has 1 saturated carbocycles. The average Bonchev–Trinajstić information content (AvgIpc) is 3.23. The standard InChI is InChI=1S/C22H23ClFN5O4S/c1-11-8-13(16-15(32-3)10-26-18(23)17(16)24)14(9-25-11)19(30)27-20-28-29-21(34-20)33-12-4-6-22(2,31)7-5-12/h8-10,12,31H,4-7H2,1-3H3,(H,27,28,30)/t12-,22-. The van der Waals surface area contributed by atoms with Crippen LogP contribution in [0.2, 0.25) is 5.15 Å². The molecule has 4 rings (SSSR count). The van der Waals surface area contributed by atoms with Gasteiger partial charge in [0.1, 0.15) is 11.9 Å². The number of hydrogen-bond acceptors (Lipinski definition) is 9. The minimum Gasteiger partial charge on any atom is -0.494 e. The van der Waals surface area contributed by atoms with Gasteiger partial charge >= 0.3 is 0 Å². The third kappa shape index (κ3) is 5.26. The maximum absolute atomic E-state index is 14.9. The number of aryl methyl sites for hydroxylation is 1. The van der Waals surface area contributed by atoms with Crippen LogP contribution in [-0.2, 0) is 0 Å². The highest BCUT2D eigenvalue weighted by molar-refractivity contribution is 7.17. The summed E-state index contributed by atoms with van der Waals surface area (Å²) in [5, 5.41) is 20.9. The second-order valence-corrected chi connectivity index (χ2v) is 9.62. The van der Waals surface area contributed by atoms with Crippen LogP contribution in [0.15, 0.2) is 18.5 Å². The predicted octanol–water partition coefficient (Wildman–Crippen LogP) is 4.43. The lowest BCUT2D eigenvalue weighted by Crippen LogP contribution is -2.34. The monoisotopic (exact) mass is 507 g/mol. The van der Waals surface area contributed by atoms with Gasteiger partial charge in [-0.2, -0.15) is 0 Å². The van der Waals surface area contributed by atoms with Crippen molar-refractivity contribution < 1.29 is 23.8 Å². The number of anilines is 1. The summed E-state index contributed by atoms with van der Waals surface area (Å²) >= 11 is 6.97. The van der Waals surface area contributed by atoms with Crippen molar-refractivity contribution in [2.24, 2.45) is 0 Å². The number of halogens is 2. The number of nitrogens with one attached hydrogen (secondary N) is 1. The highest BCUT2D eigenvalue weighted by Gasteiger charge is 2.30. The molecule has 0 spiro atoms. The van der Waals surface area contributed by atoms with E-state index >= 15 is 0 Å². The second kappa shape index (κ2) is 9.77. The first kappa shape index (κ1) is 24.2. The van der Waals surface area contributed by atoms with Crippen LogP contribution in [0.3, 0.4) is 0 Å². The highest BCUT2D eigenvalue weighted by Crippen LogP contribution is 2.37. The Morgan fingerprint density at radius 3 is 2.74 bits per heavy atom. The summed E-state index contributed by atoms with van der Waals surface area (Å²) < 4.78 is 26.0. The lowest BCUT2D eigenvalue weighted by molar-refractivity contribution is -0.0110. The molecule has 0 radical (unpaired) electrons. The first-order chi connectivity index (χ1) is 16.2. The highest BCUT2D eigenvalue weighted by atomic mass is 35.5. The zero-order chi connectivity index (χ0) is 24.5. The number of carbonyl (C=O) groups excluding carboxylic acids is 1. The van der Waals surface area contributed by atoms with E-state index in [1.54, 1.807) is 13.0 Å². The van der Waals surface area contributed by atoms with Crippen molar-refractivity contribution in [1.82, 2.24) is 20.2 Å². The van der Waals surface area contributed by atoms with Gasteiger partial charge in [0, 0.05) is 17.5 Å². The first-order valence-corrected chi connectivity index (χ1v) is 11.7. The number of carbonyl (C=O) groups is 1. The molecule has 0 aliphatic heterocycles. The largest absolute Gasteiger partial charge is 0.494 e. The van der Waals surface area contributed by atoms with E-state index in [2.05, 4.69) is 25.5 Å². The Morgan fingerprint density at radius 2 is 2.03 bits per heavy atom. The summed E-state index contributed by atoms with van der Waals surface area (Å²) in [6, 6.07) is 1.57. The van der Waals surface area contributed by atoms with Gasteiger partial charge in [-0.1, -0.05) is 16.7 Å². The number of amides is 1. The van der Waals surface area contributed by atoms with Crippen LogP contribution in [0, 0.1) is 12.7 Å². The molecule has 9 nitrogen and oxygen atoms in total. The van der Waals surface area contributed by atoms with Gasteiger partial charge in [0.05, 0.1) is 30.0 Å². The van der Waals surface area contributed by atoms with Crippen molar-refractivity contribution >= 4 is 34.0 Å². The maximum atomic E-state index is 14.9. The summed E-state index contributed by atoms with van der Waals surface area (Å²) in [5.74, 6) is -1.24. The van der Waals surface area contributed by atoms with E-state index < -0.39 is 17.3 Å². The number of methoxy groups -OCH3 is 1. The molecule has 2 N–H and O–H groups in total. The van der Waals surface area contributed by atoms with Crippen LogP contribution < -0.4 is 14.8 Å². The molecule has 1 amide bonds. The van der Waals surface area contributed by atoms with Crippen LogP contribution in [0.5, 0.6) is 10.9 Å². The Hall–Kier alpha value is -2.89. The summed E-state index contributed by atoms with van der Waals surface area (Å²) in [6.07, 6.45) is 5.25. The Morgan fingerprint density at radius 1 is 1.29 bits per heavy atom. The normalized spacial score (nSPS) is 20.1. The van der Waals surface area contributed by atoms with E-state index in [1.165, 1.54) is 19.5 Å². The maximum Gasteiger partial charge on any atom is 0.296 e. The SMILES string of the molecule is COc1cnc(Cl)c(F)c1-c1cc(C)ncc1C(=O)Nc1nnc(O[C@H]2CC[C@](C)(O)CC2)s1. The summed E-state index contributed by atoms with van der Waals surface area (Å²) in [4.78, 5) is 21.0. The molecule has 0 atom stereocenters. The van der Waals surface area contributed by atoms with E-state index in [0.29, 0.717) is 36.6 Å². The van der Waals surface area contributed by atoms with Gasteiger partial charge in [0.25, 0.3) is 11.1 Å². The lowest BCUT2D eigenvalue weighted by Gasteiger charge is -2.32. The third-order valence-electron chi connectivity index (χ3n) is 5.62. The van der Waals surface area contributed by atoms with Gasteiger partial charge in [-0.3, -0.25) is 15.1 Å². The molecule has 3 aromatic heterocycles. The van der Waals surface area contributed by atoms with Crippen molar-refractivity contribution in [3.63, 3.8) is 0 Å². The topological polar surface area (TPSA) is 119 Å². The van der Waals surface area contributed by atoms with Gasteiger partial charge < -0.3 is 14.6 Å².